The standard InChI is InChI=1S/C12H8ClFN2O3/c13-8-2-1-3-9(10(8)14)19-11-7(12(17)18)4-6(15)5-16-11/h1-5H,15H2,(H,17,18). The third kappa shape index (κ3) is 2.74. The summed E-state index contributed by atoms with van der Waals surface area (Å²) in [7, 11) is 0. The van der Waals surface area contributed by atoms with Gasteiger partial charge in [-0.15, -0.1) is 0 Å². The number of pyridine rings is 1. The number of ether oxygens (including phenoxy) is 1. The van der Waals surface area contributed by atoms with Gasteiger partial charge in [0.25, 0.3) is 0 Å². The van der Waals surface area contributed by atoms with Crippen molar-refractivity contribution in [3.05, 3.63) is 46.9 Å². The van der Waals surface area contributed by atoms with Crippen LogP contribution in [0.4, 0.5) is 10.1 Å². The molecule has 7 heteroatoms. The van der Waals surface area contributed by atoms with Crippen LogP contribution in [0.5, 0.6) is 11.6 Å². The largest absolute Gasteiger partial charge is 0.477 e. The van der Waals surface area contributed by atoms with Crippen molar-refractivity contribution in [2.24, 2.45) is 0 Å². The summed E-state index contributed by atoms with van der Waals surface area (Å²) in [5.74, 6) is -2.55. The normalized spacial score (nSPS) is 10.2. The number of nitrogen functional groups attached to an aromatic ring is 1. The van der Waals surface area contributed by atoms with Gasteiger partial charge in [-0.25, -0.2) is 14.2 Å². The number of carboxylic acids is 1. The molecule has 0 saturated heterocycles. The van der Waals surface area contributed by atoms with Crippen molar-refractivity contribution in [2.45, 2.75) is 0 Å². The van der Waals surface area contributed by atoms with Crippen LogP contribution < -0.4 is 10.5 Å². The highest BCUT2D eigenvalue weighted by Crippen LogP contribution is 2.30. The Morgan fingerprint density at radius 1 is 1.47 bits per heavy atom. The molecule has 0 radical (unpaired) electrons. The SMILES string of the molecule is Nc1cnc(Oc2cccc(Cl)c2F)c(C(=O)O)c1. The maximum absolute atomic E-state index is 13.6. The minimum Gasteiger partial charge on any atom is -0.477 e. The molecule has 2 rings (SSSR count). The molecule has 2 aromatic rings. The average molecular weight is 283 g/mol. The van der Waals surface area contributed by atoms with Crippen molar-refractivity contribution in [3.8, 4) is 11.6 Å². The lowest BCUT2D eigenvalue weighted by Gasteiger charge is -2.09. The minimum atomic E-state index is -1.28. The fraction of sp³-hybridized carbons (Fsp3) is 0. The second-order valence-electron chi connectivity index (χ2n) is 3.58. The molecule has 0 unspecified atom stereocenters. The number of hydrogen-bond acceptors (Lipinski definition) is 4. The number of nitrogens with zero attached hydrogens (tertiary/aromatic N) is 1. The second-order valence-corrected chi connectivity index (χ2v) is 3.99. The number of nitrogens with two attached hydrogens (primary N) is 1. The number of rotatable bonds is 3. The van der Waals surface area contributed by atoms with Gasteiger partial charge in [0, 0.05) is 0 Å². The molecule has 0 spiro atoms. The molecule has 5 nitrogen and oxygen atoms in total. The fourth-order valence-corrected chi connectivity index (χ4v) is 1.54. The summed E-state index contributed by atoms with van der Waals surface area (Å²) >= 11 is 5.60. The van der Waals surface area contributed by atoms with Crippen molar-refractivity contribution in [2.75, 3.05) is 5.73 Å². The number of benzene rings is 1. The monoisotopic (exact) mass is 282 g/mol. The average Bonchev–Trinajstić information content (AvgIpc) is 2.36. The van der Waals surface area contributed by atoms with Gasteiger partial charge in [0.1, 0.15) is 5.56 Å². The Kier molecular flexibility index (Phi) is 3.52. The van der Waals surface area contributed by atoms with Crippen molar-refractivity contribution < 1.29 is 19.0 Å². The van der Waals surface area contributed by atoms with E-state index in [1.54, 1.807) is 0 Å². The Bertz CT molecular complexity index is 649. The molecule has 0 amide bonds. The van der Waals surface area contributed by atoms with Crippen LogP contribution in [-0.2, 0) is 0 Å². The molecule has 3 N–H and O–H groups in total. The first kappa shape index (κ1) is 13.1. The zero-order valence-corrected chi connectivity index (χ0v) is 10.2. The lowest BCUT2D eigenvalue weighted by Crippen LogP contribution is -2.04. The van der Waals surface area contributed by atoms with Gasteiger partial charge in [-0.3, -0.25) is 0 Å². The van der Waals surface area contributed by atoms with Gasteiger partial charge in [0.2, 0.25) is 5.88 Å². The summed E-state index contributed by atoms with van der Waals surface area (Å²) in [6, 6.07) is 5.30. The Hall–Kier alpha value is -2.34. The fourth-order valence-electron chi connectivity index (χ4n) is 1.37. The van der Waals surface area contributed by atoms with Crippen LogP contribution in [0.2, 0.25) is 5.02 Å². The summed E-state index contributed by atoms with van der Waals surface area (Å²) in [6.07, 6.45) is 1.21. The Labute approximate surface area is 112 Å². The summed E-state index contributed by atoms with van der Waals surface area (Å²) in [6.45, 7) is 0. The number of anilines is 1. The molecule has 19 heavy (non-hydrogen) atoms. The molecule has 0 aliphatic carbocycles. The smallest absolute Gasteiger partial charge is 0.341 e. The highest BCUT2D eigenvalue weighted by molar-refractivity contribution is 6.30. The molecule has 0 bridgehead atoms. The number of aromatic nitrogens is 1. The number of carboxylic acid groups (broad SMARTS) is 1. The van der Waals surface area contributed by atoms with Gasteiger partial charge in [-0.05, 0) is 18.2 Å². The van der Waals surface area contributed by atoms with E-state index in [1.165, 1.54) is 30.5 Å². The van der Waals surface area contributed by atoms with E-state index in [-0.39, 0.29) is 27.9 Å². The molecule has 0 saturated carbocycles. The summed E-state index contributed by atoms with van der Waals surface area (Å²) in [5, 5.41) is 8.86. The first-order chi connectivity index (χ1) is 8.99. The van der Waals surface area contributed by atoms with Gasteiger partial charge in [-0.1, -0.05) is 17.7 Å². The first-order valence-electron chi connectivity index (χ1n) is 5.09. The third-order valence-corrected chi connectivity index (χ3v) is 2.52. The van der Waals surface area contributed by atoms with E-state index in [1.807, 2.05) is 0 Å². The number of carbonyl (C=O) groups is 1. The Balaban J connectivity index is 2.44. The minimum absolute atomic E-state index is 0.134. The van der Waals surface area contributed by atoms with Crippen molar-refractivity contribution >= 4 is 23.3 Å². The molecule has 0 fully saturated rings. The van der Waals surface area contributed by atoms with Gasteiger partial charge in [0.05, 0.1) is 16.9 Å². The highest BCUT2D eigenvalue weighted by atomic mass is 35.5. The van der Waals surface area contributed by atoms with Crippen molar-refractivity contribution in [1.29, 1.82) is 0 Å². The Morgan fingerprint density at radius 2 is 2.21 bits per heavy atom. The molecule has 0 aliphatic rings. The van der Waals surface area contributed by atoms with Gasteiger partial charge < -0.3 is 15.6 Å². The van der Waals surface area contributed by atoms with Crippen molar-refractivity contribution in [1.82, 2.24) is 4.98 Å². The van der Waals surface area contributed by atoms with Crippen LogP contribution in [-0.4, -0.2) is 16.1 Å². The van der Waals surface area contributed by atoms with Crippen LogP contribution in [0, 0.1) is 5.82 Å². The van der Waals surface area contributed by atoms with Crippen LogP contribution in [0.1, 0.15) is 10.4 Å². The maximum atomic E-state index is 13.6. The Morgan fingerprint density at radius 3 is 2.89 bits per heavy atom. The molecule has 98 valence electrons. The third-order valence-electron chi connectivity index (χ3n) is 2.23. The van der Waals surface area contributed by atoms with E-state index in [2.05, 4.69) is 4.98 Å². The molecular weight excluding hydrogens is 275 g/mol. The quantitative estimate of drug-likeness (QED) is 0.904. The predicted octanol–water partition coefficient (Wildman–Crippen LogP) is 2.95. The van der Waals surface area contributed by atoms with Crippen LogP contribution in [0.15, 0.2) is 30.5 Å². The molecule has 0 atom stereocenters. The molecule has 0 aliphatic heterocycles. The predicted molar refractivity (Wildman–Crippen MR) is 67.1 cm³/mol. The number of hydrogen-bond donors (Lipinski definition) is 2. The lowest BCUT2D eigenvalue weighted by molar-refractivity contribution is 0.0693. The van der Waals surface area contributed by atoms with E-state index in [9.17, 15) is 9.18 Å². The maximum Gasteiger partial charge on any atom is 0.341 e. The van der Waals surface area contributed by atoms with E-state index >= 15 is 0 Å². The van der Waals surface area contributed by atoms with Crippen LogP contribution >= 0.6 is 11.6 Å². The van der Waals surface area contributed by atoms with Crippen molar-refractivity contribution in [3.63, 3.8) is 0 Å². The molecule has 1 aromatic heterocycles. The van der Waals surface area contributed by atoms with Crippen LogP contribution in [0.3, 0.4) is 0 Å². The van der Waals surface area contributed by atoms with E-state index in [0.717, 1.165) is 0 Å². The zero-order valence-electron chi connectivity index (χ0n) is 9.43. The van der Waals surface area contributed by atoms with E-state index in [4.69, 9.17) is 27.2 Å². The summed E-state index contributed by atoms with van der Waals surface area (Å²) in [4.78, 5) is 14.7. The lowest BCUT2D eigenvalue weighted by atomic mass is 10.2. The zero-order chi connectivity index (χ0) is 14.0. The topological polar surface area (TPSA) is 85.4 Å². The highest BCUT2D eigenvalue weighted by Gasteiger charge is 2.16. The number of halogens is 2. The van der Waals surface area contributed by atoms with Gasteiger partial charge in [-0.2, -0.15) is 0 Å². The van der Waals surface area contributed by atoms with E-state index in [0.29, 0.717) is 0 Å². The van der Waals surface area contributed by atoms with E-state index < -0.39 is 11.8 Å². The van der Waals surface area contributed by atoms with Crippen LogP contribution in [0.25, 0.3) is 0 Å². The van der Waals surface area contributed by atoms with Gasteiger partial charge >= 0.3 is 5.97 Å². The second kappa shape index (κ2) is 5.11. The molecule has 1 heterocycles. The van der Waals surface area contributed by atoms with Gasteiger partial charge in [0.15, 0.2) is 11.6 Å². The number of aromatic carboxylic acids is 1. The summed E-state index contributed by atoms with van der Waals surface area (Å²) < 4.78 is 18.8. The summed E-state index contributed by atoms with van der Waals surface area (Å²) in [5.41, 5.74) is 5.33. The first-order valence-corrected chi connectivity index (χ1v) is 5.47. The molecule has 1 aromatic carbocycles. The molecular formula is C12H8ClFN2O3.